The fourth-order valence-corrected chi connectivity index (χ4v) is 1.88. The van der Waals surface area contributed by atoms with Crippen molar-refractivity contribution in [2.75, 3.05) is 14.2 Å². The maximum atomic E-state index is 11.7. The predicted molar refractivity (Wildman–Crippen MR) is 67.9 cm³/mol. The Hall–Kier alpha value is -1.55. The number of amides is 1. The third kappa shape index (κ3) is 2.77. The molecule has 0 radical (unpaired) electrons. The molecule has 1 aromatic rings. The Morgan fingerprint density at radius 2 is 1.94 bits per heavy atom. The lowest BCUT2D eigenvalue weighted by Gasteiger charge is -2.17. The second-order valence-electron chi connectivity index (χ2n) is 4.33. The van der Waals surface area contributed by atoms with Gasteiger partial charge in [0, 0.05) is 12.6 Å². The Bertz CT molecular complexity index is 440. The number of hydrogen-bond donors (Lipinski definition) is 1. The van der Waals surface area contributed by atoms with Crippen molar-refractivity contribution >= 4 is 5.91 Å². The van der Waals surface area contributed by atoms with Gasteiger partial charge in [-0.15, -0.1) is 0 Å². The zero-order valence-electron chi connectivity index (χ0n) is 11.1. The molecule has 17 heavy (non-hydrogen) atoms. The van der Waals surface area contributed by atoms with E-state index in [0.717, 1.165) is 33.0 Å². The molecule has 94 valence electrons. The Morgan fingerprint density at radius 3 is 2.41 bits per heavy atom. The maximum absolute atomic E-state index is 11.7. The summed E-state index contributed by atoms with van der Waals surface area (Å²) in [4.78, 5) is 11.7. The molecule has 0 unspecified atom stereocenters. The molecule has 1 aromatic carbocycles. The van der Waals surface area contributed by atoms with Gasteiger partial charge in [0.05, 0.1) is 13.5 Å². The topological polar surface area (TPSA) is 55.6 Å². The predicted octanol–water partition coefficient (Wildman–Crippen LogP) is 1.50. The highest BCUT2D eigenvalue weighted by atomic mass is 16.5. The van der Waals surface area contributed by atoms with E-state index < -0.39 is 0 Å². The molecule has 2 N–H and O–H groups in total. The average molecular weight is 236 g/mol. The van der Waals surface area contributed by atoms with Crippen LogP contribution < -0.4 is 10.6 Å². The standard InChI is InChI=1S/C13H20N2O2/c1-8-6-9(2)11(7-12(16)15(4)14)13(17-5)10(8)3/h6H,7,14H2,1-5H3. The zero-order chi connectivity index (χ0) is 13.2. The fourth-order valence-electron chi connectivity index (χ4n) is 1.88. The summed E-state index contributed by atoms with van der Waals surface area (Å²) < 4.78 is 5.41. The summed E-state index contributed by atoms with van der Waals surface area (Å²) in [5.41, 5.74) is 4.20. The summed E-state index contributed by atoms with van der Waals surface area (Å²) in [7, 11) is 3.17. The van der Waals surface area contributed by atoms with Crippen LogP contribution in [0.2, 0.25) is 0 Å². The molecule has 1 amide bonds. The van der Waals surface area contributed by atoms with Gasteiger partial charge in [0.1, 0.15) is 5.75 Å². The molecule has 0 fully saturated rings. The van der Waals surface area contributed by atoms with E-state index in [1.807, 2.05) is 20.8 Å². The van der Waals surface area contributed by atoms with E-state index in [2.05, 4.69) is 6.07 Å². The van der Waals surface area contributed by atoms with Crippen molar-refractivity contribution in [2.45, 2.75) is 27.2 Å². The molecule has 1 rings (SSSR count). The molecule has 0 atom stereocenters. The van der Waals surface area contributed by atoms with Crippen molar-refractivity contribution in [3.05, 3.63) is 28.3 Å². The summed E-state index contributed by atoms with van der Waals surface area (Å²) in [6, 6.07) is 2.07. The van der Waals surface area contributed by atoms with Gasteiger partial charge in [-0.25, -0.2) is 5.84 Å². The van der Waals surface area contributed by atoms with Crippen LogP contribution in [-0.4, -0.2) is 25.1 Å². The zero-order valence-corrected chi connectivity index (χ0v) is 11.1. The number of carbonyl (C=O) groups excluding carboxylic acids is 1. The van der Waals surface area contributed by atoms with Crippen molar-refractivity contribution in [1.29, 1.82) is 0 Å². The van der Waals surface area contributed by atoms with Crippen LogP contribution >= 0.6 is 0 Å². The van der Waals surface area contributed by atoms with Crippen LogP contribution in [0.15, 0.2) is 6.07 Å². The largest absolute Gasteiger partial charge is 0.496 e. The molecule has 0 saturated heterocycles. The quantitative estimate of drug-likeness (QED) is 0.491. The minimum absolute atomic E-state index is 0.130. The lowest BCUT2D eigenvalue weighted by atomic mass is 9.96. The Balaban J connectivity index is 3.23. The van der Waals surface area contributed by atoms with Crippen molar-refractivity contribution in [3.8, 4) is 5.75 Å². The Morgan fingerprint density at radius 1 is 1.35 bits per heavy atom. The van der Waals surface area contributed by atoms with Gasteiger partial charge in [0.2, 0.25) is 5.91 Å². The SMILES string of the molecule is COc1c(C)c(C)cc(C)c1CC(=O)N(C)N. The van der Waals surface area contributed by atoms with E-state index in [1.165, 1.54) is 0 Å². The van der Waals surface area contributed by atoms with Gasteiger partial charge in [-0.3, -0.25) is 9.80 Å². The van der Waals surface area contributed by atoms with Gasteiger partial charge in [-0.05, 0) is 37.5 Å². The van der Waals surface area contributed by atoms with Crippen LogP contribution in [0, 0.1) is 20.8 Å². The Kier molecular flexibility index (Phi) is 4.12. The number of likely N-dealkylation sites (N-methyl/N-ethyl adjacent to an activating group) is 1. The van der Waals surface area contributed by atoms with Gasteiger partial charge in [0.15, 0.2) is 0 Å². The van der Waals surface area contributed by atoms with E-state index in [9.17, 15) is 4.79 Å². The number of methoxy groups -OCH3 is 1. The smallest absolute Gasteiger partial charge is 0.240 e. The van der Waals surface area contributed by atoms with Crippen LogP contribution in [-0.2, 0) is 11.2 Å². The van der Waals surface area contributed by atoms with E-state index in [0.29, 0.717) is 0 Å². The first-order valence-electron chi connectivity index (χ1n) is 5.53. The summed E-state index contributed by atoms with van der Waals surface area (Å²) >= 11 is 0. The first kappa shape index (κ1) is 13.5. The summed E-state index contributed by atoms with van der Waals surface area (Å²) in [6.45, 7) is 6.01. The molecule has 0 aliphatic carbocycles. The third-order valence-electron chi connectivity index (χ3n) is 3.04. The molecule has 0 aromatic heterocycles. The number of ether oxygens (including phenoxy) is 1. The van der Waals surface area contributed by atoms with Crippen LogP contribution in [0.1, 0.15) is 22.3 Å². The average Bonchev–Trinajstić information content (AvgIpc) is 2.26. The molecule has 0 bridgehead atoms. The highest BCUT2D eigenvalue weighted by Gasteiger charge is 2.16. The van der Waals surface area contributed by atoms with E-state index >= 15 is 0 Å². The Labute approximate surface area is 102 Å². The van der Waals surface area contributed by atoms with Crippen LogP contribution in [0.4, 0.5) is 0 Å². The minimum Gasteiger partial charge on any atom is -0.496 e. The number of hydrogen-bond acceptors (Lipinski definition) is 3. The van der Waals surface area contributed by atoms with Crippen molar-refractivity contribution < 1.29 is 9.53 Å². The van der Waals surface area contributed by atoms with Gasteiger partial charge >= 0.3 is 0 Å². The summed E-state index contributed by atoms with van der Waals surface area (Å²) in [5, 5.41) is 1.11. The second kappa shape index (κ2) is 5.19. The second-order valence-corrected chi connectivity index (χ2v) is 4.33. The highest BCUT2D eigenvalue weighted by molar-refractivity contribution is 5.79. The van der Waals surface area contributed by atoms with E-state index in [1.54, 1.807) is 14.2 Å². The molecule has 0 aliphatic rings. The van der Waals surface area contributed by atoms with Crippen LogP contribution in [0.3, 0.4) is 0 Å². The number of nitrogens with zero attached hydrogens (tertiary/aromatic N) is 1. The molecule has 4 nitrogen and oxygen atoms in total. The third-order valence-corrected chi connectivity index (χ3v) is 3.04. The fraction of sp³-hybridized carbons (Fsp3) is 0.462. The molecule has 0 spiro atoms. The van der Waals surface area contributed by atoms with Gasteiger partial charge in [-0.1, -0.05) is 6.07 Å². The first-order chi connectivity index (χ1) is 7.88. The molecule has 0 heterocycles. The number of carbonyl (C=O) groups is 1. The molecule has 0 saturated carbocycles. The molecule has 0 aliphatic heterocycles. The number of hydrazine groups is 1. The normalized spacial score (nSPS) is 10.2. The summed E-state index contributed by atoms with van der Waals surface area (Å²) in [5.74, 6) is 6.10. The monoisotopic (exact) mass is 236 g/mol. The van der Waals surface area contributed by atoms with Crippen molar-refractivity contribution in [2.24, 2.45) is 5.84 Å². The van der Waals surface area contributed by atoms with Gasteiger partial charge < -0.3 is 4.74 Å². The van der Waals surface area contributed by atoms with E-state index in [4.69, 9.17) is 10.6 Å². The first-order valence-corrected chi connectivity index (χ1v) is 5.53. The highest BCUT2D eigenvalue weighted by Crippen LogP contribution is 2.29. The van der Waals surface area contributed by atoms with Gasteiger partial charge in [0.25, 0.3) is 0 Å². The number of benzene rings is 1. The molecule has 4 heteroatoms. The van der Waals surface area contributed by atoms with Crippen LogP contribution in [0.5, 0.6) is 5.75 Å². The van der Waals surface area contributed by atoms with Crippen molar-refractivity contribution in [3.63, 3.8) is 0 Å². The van der Waals surface area contributed by atoms with E-state index in [-0.39, 0.29) is 12.3 Å². The number of rotatable bonds is 3. The van der Waals surface area contributed by atoms with Crippen LogP contribution in [0.25, 0.3) is 0 Å². The molecular formula is C13H20N2O2. The lowest BCUT2D eigenvalue weighted by molar-refractivity contribution is -0.129. The lowest BCUT2D eigenvalue weighted by Crippen LogP contribution is -2.34. The number of nitrogens with two attached hydrogens (primary N) is 1. The summed E-state index contributed by atoms with van der Waals surface area (Å²) in [6.07, 6.45) is 0.267. The minimum atomic E-state index is -0.130. The number of aryl methyl sites for hydroxylation is 2. The van der Waals surface area contributed by atoms with Gasteiger partial charge in [-0.2, -0.15) is 0 Å². The molecular weight excluding hydrogens is 216 g/mol. The maximum Gasteiger partial charge on any atom is 0.240 e. The van der Waals surface area contributed by atoms with Crippen molar-refractivity contribution in [1.82, 2.24) is 5.01 Å².